The number of hydrogen-bond donors (Lipinski definition) is 2. The summed E-state index contributed by atoms with van der Waals surface area (Å²) in [5.74, 6) is 0.655. The van der Waals surface area contributed by atoms with Crippen LogP contribution in [0.15, 0.2) is 6.07 Å². The molecule has 0 aliphatic rings. The third-order valence-electron chi connectivity index (χ3n) is 1.91. The molecule has 0 aliphatic heterocycles. The topological polar surface area (TPSA) is 72.0 Å². The number of nitrogens with zero attached hydrogens (tertiary/aromatic N) is 2. The molecule has 0 aromatic carbocycles. The normalized spacial score (nSPS) is 12.9. The van der Waals surface area contributed by atoms with Crippen molar-refractivity contribution >= 4 is 0 Å². The zero-order valence-electron chi connectivity index (χ0n) is 7.99. The Morgan fingerprint density at radius 1 is 1.46 bits per heavy atom. The van der Waals surface area contributed by atoms with Crippen molar-refractivity contribution in [2.45, 2.75) is 19.8 Å². The second kappa shape index (κ2) is 4.30. The lowest BCUT2D eigenvalue weighted by atomic mass is 10.1. The molecule has 1 unspecified atom stereocenters. The van der Waals surface area contributed by atoms with Crippen molar-refractivity contribution in [3.05, 3.63) is 23.3 Å². The van der Waals surface area contributed by atoms with Crippen LogP contribution in [-0.4, -0.2) is 28.2 Å². The fourth-order valence-electron chi connectivity index (χ4n) is 1.24. The molecule has 1 atom stereocenters. The van der Waals surface area contributed by atoms with Crippen LogP contribution in [0.2, 0.25) is 0 Å². The Morgan fingerprint density at radius 3 is 2.62 bits per heavy atom. The summed E-state index contributed by atoms with van der Waals surface area (Å²) in [5, 5.41) is 9.02. The van der Waals surface area contributed by atoms with Crippen LogP contribution in [0.1, 0.15) is 23.1 Å². The summed E-state index contributed by atoms with van der Waals surface area (Å²) >= 11 is 0. The molecule has 4 heteroatoms. The molecule has 0 spiro atoms. The maximum Gasteiger partial charge on any atom is 0.125 e. The van der Waals surface area contributed by atoms with Gasteiger partial charge in [-0.05, 0) is 19.9 Å². The second-order valence-electron chi connectivity index (χ2n) is 3.10. The fraction of sp³-hybridized carbons (Fsp3) is 0.556. The molecule has 72 valence electrons. The quantitative estimate of drug-likeness (QED) is 0.695. The molecule has 1 aromatic rings. The molecular formula is C9H15N3O. The molecule has 0 bridgehead atoms. The highest BCUT2D eigenvalue weighted by atomic mass is 16.3. The summed E-state index contributed by atoms with van der Waals surface area (Å²) in [7, 11) is 0. The molecule has 13 heavy (non-hydrogen) atoms. The lowest BCUT2D eigenvalue weighted by molar-refractivity contribution is 0.265. The van der Waals surface area contributed by atoms with Gasteiger partial charge in [0, 0.05) is 18.2 Å². The SMILES string of the molecule is Cc1cc(C(CN)CO)nc(C)n1. The molecule has 0 saturated carbocycles. The van der Waals surface area contributed by atoms with Crippen molar-refractivity contribution in [3.63, 3.8) is 0 Å². The van der Waals surface area contributed by atoms with Crippen molar-refractivity contribution in [2.75, 3.05) is 13.2 Å². The number of rotatable bonds is 3. The molecule has 0 fully saturated rings. The van der Waals surface area contributed by atoms with Crippen LogP contribution in [0.4, 0.5) is 0 Å². The lowest BCUT2D eigenvalue weighted by Gasteiger charge is -2.11. The van der Waals surface area contributed by atoms with Crippen LogP contribution in [0.5, 0.6) is 0 Å². The van der Waals surface area contributed by atoms with Gasteiger partial charge in [-0.3, -0.25) is 0 Å². The van der Waals surface area contributed by atoms with E-state index in [1.54, 1.807) is 0 Å². The van der Waals surface area contributed by atoms with Gasteiger partial charge in [-0.2, -0.15) is 0 Å². The number of nitrogens with two attached hydrogens (primary N) is 1. The van der Waals surface area contributed by atoms with E-state index < -0.39 is 0 Å². The lowest BCUT2D eigenvalue weighted by Crippen LogP contribution is -2.18. The Labute approximate surface area is 77.8 Å². The van der Waals surface area contributed by atoms with Gasteiger partial charge in [0.1, 0.15) is 5.82 Å². The molecule has 0 amide bonds. The number of aliphatic hydroxyl groups is 1. The van der Waals surface area contributed by atoms with Crippen molar-refractivity contribution in [1.29, 1.82) is 0 Å². The largest absolute Gasteiger partial charge is 0.396 e. The minimum Gasteiger partial charge on any atom is -0.396 e. The Balaban J connectivity index is 2.99. The van der Waals surface area contributed by atoms with E-state index in [0.29, 0.717) is 6.54 Å². The van der Waals surface area contributed by atoms with Crippen LogP contribution in [-0.2, 0) is 0 Å². The average Bonchev–Trinajstić information content (AvgIpc) is 2.04. The average molecular weight is 181 g/mol. The van der Waals surface area contributed by atoms with E-state index in [1.165, 1.54) is 0 Å². The molecule has 3 N–H and O–H groups in total. The van der Waals surface area contributed by atoms with E-state index in [9.17, 15) is 0 Å². The van der Waals surface area contributed by atoms with Crippen molar-refractivity contribution < 1.29 is 5.11 Å². The van der Waals surface area contributed by atoms with E-state index >= 15 is 0 Å². The summed E-state index contributed by atoms with van der Waals surface area (Å²) in [6, 6.07) is 1.86. The van der Waals surface area contributed by atoms with Gasteiger partial charge in [0.2, 0.25) is 0 Å². The molecule has 1 aromatic heterocycles. The number of aromatic nitrogens is 2. The van der Waals surface area contributed by atoms with Gasteiger partial charge in [0.15, 0.2) is 0 Å². The van der Waals surface area contributed by atoms with Crippen LogP contribution >= 0.6 is 0 Å². The van der Waals surface area contributed by atoms with Gasteiger partial charge in [-0.15, -0.1) is 0 Å². The number of hydrogen-bond acceptors (Lipinski definition) is 4. The van der Waals surface area contributed by atoms with E-state index in [2.05, 4.69) is 9.97 Å². The van der Waals surface area contributed by atoms with Gasteiger partial charge in [-0.25, -0.2) is 9.97 Å². The Morgan fingerprint density at radius 2 is 2.15 bits per heavy atom. The predicted octanol–water partition coefficient (Wildman–Crippen LogP) is 0.128. The third-order valence-corrected chi connectivity index (χ3v) is 1.91. The number of aliphatic hydroxyl groups excluding tert-OH is 1. The highest BCUT2D eigenvalue weighted by Crippen LogP contribution is 2.11. The highest BCUT2D eigenvalue weighted by Gasteiger charge is 2.10. The first-order chi connectivity index (χ1) is 6.17. The number of aryl methyl sites for hydroxylation is 2. The van der Waals surface area contributed by atoms with E-state index in [1.807, 2.05) is 19.9 Å². The van der Waals surface area contributed by atoms with Crippen molar-refractivity contribution in [2.24, 2.45) is 5.73 Å². The Bertz CT molecular complexity index is 264. The Hall–Kier alpha value is -1.00. The van der Waals surface area contributed by atoms with Crippen molar-refractivity contribution in [1.82, 2.24) is 9.97 Å². The van der Waals surface area contributed by atoms with Gasteiger partial charge in [0.25, 0.3) is 0 Å². The predicted molar refractivity (Wildman–Crippen MR) is 50.4 cm³/mol. The van der Waals surface area contributed by atoms with Gasteiger partial charge in [0.05, 0.1) is 12.3 Å². The molecule has 0 aliphatic carbocycles. The minimum absolute atomic E-state index is 0.0341. The Kier molecular flexibility index (Phi) is 3.33. The second-order valence-corrected chi connectivity index (χ2v) is 3.10. The van der Waals surface area contributed by atoms with E-state index in [-0.39, 0.29) is 12.5 Å². The van der Waals surface area contributed by atoms with Crippen molar-refractivity contribution in [3.8, 4) is 0 Å². The maximum atomic E-state index is 9.02. The standard InChI is InChI=1S/C9H15N3O/c1-6-3-9(8(4-10)5-13)12-7(2)11-6/h3,8,13H,4-5,10H2,1-2H3. The summed E-state index contributed by atoms with van der Waals surface area (Å²) in [5.41, 5.74) is 7.24. The van der Waals surface area contributed by atoms with Crippen LogP contribution in [0, 0.1) is 13.8 Å². The summed E-state index contributed by atoms with van der Waals surface area (Å²) in [6.07, 6.45) is 0. The molecule has 1 rings (SSSR count). The maximum absolute atomic E-state index is 9.02. The zero-order chi connectivity index (χ0) is 9.84. The minimum atomic E-state index is -0.0691. The van der Waals surface area contributed by atoms with Gasteiger partial charge in [-0.1, -0.05) is 0 Å². The third kappa shape index (κ3) is 2.47. The van der Waals surface area contributed by atoms with Gasteiger partial charge >= 0.3 is 0 Å². The highest BCUT2D eigenvalue weighted by molar-refractivity contribution is 5.14. The summed E-state index contributed by atoms with van der Waals surface area (Å²) in [6.45, 7) is 4.18. The molecule has 4 nitrogen and oxygen atoms in total. The molecule has 0 saturated heterocycles. The zero-order valence-corrected chi connectivity index (χ0v) is 7.99. The smallest absolute Gasteiger partial charge is 0.125 e. The van der Waals surface area contributed by atoms with Gasteiger partial charge < -0.3 is 10.8 Å². The molecular weight excluding hydrogens is 166 g/mol. The first kappa shape index (κ1) is 10.1. The van der Waals surface area contributed by atoms with Crippen LogP contribution in [0.25, 0.3) is 0 Å². The van der Waals surface area contributed by atoms with E-state index in [4.69, 9.17) is 10.8 Å². The molecule has 0 radical (unpaired) electrons. The summed E-state index contributed by atoms with van der Waals surface area (Å²) in [4.78, 5) is 8.38. The summed E-state index contributed by atoms with van der Waals surface area (Å²) < 4.78 is 0. The fourth-order valence-corrected chi connectivity index (χ4v) is 1.24. The first-order valence-corrected chi connectivity index (χ1v) is 4.30. The monoisotopic (exact) mass is 181 g/mol. The van der Waals surface area contributed by atoms with Crippen LogP contribution < -0.4 is 5.73 Å². The molecule has 1 heterocycles. The first-order valence-electron chi connectivity index (χ1n) is 4.30. The van der Waals surface area contributed by atoms with E-state index in [0.717, 1.165) is 17.2 Å². The van der Waals surface area contributed by atoms with Crippen LogP contribution in [0.3, 0.4) is 0 Å².